The van der Waals surface area contributed by atoms with Crippen LogP contribution in [-0.4, -0.2) is 17.0 Å². The van der Waals surface area contributed by atoms with Gasteiger partial charge in [-0.1, -0.05) is 29.3 Å². The highest BCUT2D eigenvalue weighted by Crippen LogP contribution is 2.33. The summed E-state index contributed by atoms with van der Waals surface area (Å²) < 4.78 is 25.8. The van der Waals surface area contributed by atoms with Crippen molar-refractivity contribution < 1.29 is 13.7 Å². The van der Waals surface area contributed by atoms with Crippen LogP contribution in [0, 0.1) is 10.1 Å². The van der Waals surface area contributed by atoms with Crippen LogP contribution >= 0.6 is 23.2 Å². The van der Waals surface area contributed by atoms with Crippen LogP contribution < -0.4 is 10.6 Å². The molecule has 1 unspecified atom stereocenters. The molecule has 0 bridgehead atoms. The highest BCUT2D eigenvalue weighted by atomic mass is 35.5. The standard InChI is InChI=1S/C11H9Cl2F2N3O2/c1-11(10(14)15)16-8(9(13)17-11)5-2-3-6(12)7(4-5)18(19)20/h2-4,10,16-17H,1H3. The van der Waals surface area contributed by atoms with Crippen LogP contribution in [0.5, 0.6) is 0 Å². The minimum absolute atomic E-state index is 0.0376. The molecule has 5 nitrogen and oxygen atoms in total. The van der Waals surface area contributed by atoms with Crippen molar-refractivity contribution in [3.05, 3.63) is 44.1 Å². The summed E-state index contributed by atoms with van der Waals surface area (Å²) >= 11 is 11.6. The zero-order valence-electron chi connectivity index (χ0n) is 10.1. The maximum absolute atomic E-state index is 12.9. The van der Waals surface area contributed by atoms with Gasteiger partial charge >= 0.3 is 0 Å². The topological polar surface area (TPSA) is 67.2 Å². The number of nitro groups is 1. The van der Waals surface area contributed by atoms with E-state index in [1.54, 1.807) is 0 Å². The third-order valence-corrected chi connectivity index (χ3v) is 3.44. The lowest BCUT2D eigenvalue weighted by Gasteiger charge is -2.25. The second kappa shape index (κ2) is 5.06. The molecule has 0 aromatic heterocycles. The number of nitrogens with zero attached hydrogens (tertiary/aromatic N) is 1. The van der Waals surface area contributed by atoms with Gasteiger partial charge in [0.1, 0.15) is 10.2 Å². The van der Waals surface area contributed by atoms with Gasteiger partial charge in [0.25, 0.3) is 12.1 Å². The molecule has 0 amide bonds. The first-order valence-electron chi connectivity index (χ1n) is 5.43. The maximum atomic E-state index is 12.9. The molecule has 0 spiro atoms. The molecular formula is C11H9Cl2F2N3O2. The Morgan fingerprint density at radius 1 is 1.35 bits per heavy atom. The third kappa shape index (κ3) is 2.51. The number of alkyl halides is 2. The van der Waals surface area contributed by atoms with E-state index in [1.165, 1.54) is 25.1 Å². The van der Waals surface area contributed by atoms with E-state index in [-0.39, 0.29) is 21.6 Å². The fourth-order valence-corrected chi connectivity index (χ4v) is 2.29. The average molecular weight is 324 g/mol. The van der Waals surface area contributed by atoms with Crippen molar-refractivity contribution in [3.63, 3.8) is 0 Å². The molecular weight excluding hydrogens is 315 g/mol. The Labute approximate surface area is 122 Å². The van der Waals surface area contributed by atoms with Gasteiger partial charge in [-0.3, -0.25) is 10.1 Å². The molecule has 0 aliphatic carbocycles. The van der Waals surface area contributed by atoms with Crippen LogP contribution in [-0.2, 0) is 0 Å². The minimum Gasteiger partial charge on any atom is -0.355 e. The minimum atomic E-state index is -2.73. The average Bonchev–Trinajstić information content (AvgIpc) is 2.66. The predicted molar refractivity (Wildman–Crippen MR) is 71.6 cm³/mol. The number of nitro benzene ring substituents is 1. The normalized spacial score (nSPS) is 21.9. The number of halogens is 4. The van der Waals surface area contributed by atoms with Gasteiger partial charge in [0.2, 0.25) is 0 Å². The molecule has 0 radical (unpaired) electrons. The summed E-state index contributed by atoms with van der Waals surface area (Å²) in [5.41, 5.74) is -1.59. The van der Waals surface area contributed by atoms with E-state index in [0.717, 1.165) is 0 Å². The number of hydrogen-bond donors (Lipinski definition) is 2. The van der Waals surface area contributed by atoms with Crippen LogP contribution in [0.3, 0.4) is 0 Å². The van der Waals surface area contributed by atoms with Crippen molar-refractivity contribution in [1.82, 2.24) is 10.6 Å². The molecule has 1 heterocycles. The second-order valence-corrected chi connectivity index (χ2v) is 5.15. The van der Waals surface area contributed by atoms with Gasteiger partial charge in [0.05, 0.1) is 10.6 Å². The highest BCUT2D eigenvalue weighted by Gasteiger charge is 2.41. The number of nitrogens with one attached hydrogen (secondary N) is 2. The summed E-state index contributed by atoms with van der Waals surface area (Å²) in [6, 6.07) is 3.94. The molecule has 9 heteroatoms. The van der Waals surface area contributed by atoms with Gasteiger partial charge in [-0.2, -0.15) is 0 Å². The van der Waals surface area contributed by atoms with Crippen LogP contribution in [0.25, 0.3) is 5.70 Å². The summed E-state index contributed by atoms with van der Waals surface area (Å²) in [4.78, 5) is 10.2. The summed E-state index contributed by atoms with van der Waals surface area (Å²) in [6.07, 6.45) is -2.73. The molecule has 0 fully saturated rings. The van der Waals surface area contributed by atoms with E-state index in [1.807, 2.05) is 0 Å². The van der Waals surface area contributed by atoms with Crippen molar-refractivity contribution in [3.8, 4) is 0 Å². The monoisotopic (exact) mass is 323 g/mol. The summed E-state index contributed by atoms with van der Waals surface area (Å²) in [5, 5.41) is 15.7. The Hall–Kier alpha value is -1.60. The first-order chi connectivity index (χ1) is 9.24. The van der Waals surface area contributed by atoms with E-state index < -0.39 is 17.0 Å². The summed E-state index contributed by atoms with van der Waals surface area (Å²) in [5.74, 6) is 0. The Bertz CT molecular complexity index is 609. The van der Waals surface area contributed by atoms with Gasteiger partial charge in [-0.25, -0.2) is 8.78 Å². The lowest BCUT2D eigenvalue weighted by Crippen LogP contribution is -2.53. The number of benzene rings is 1. The van der Waals surface area contributed by atoms with Crippen molar-refractivity contribution in [2.75, 3.05) is 0 Å². The molecule has 0 saturated carbocycles. The zero-order valence-corrected chi connectivity index (χ0v) is 11.6. The fourth-order valence-electron chi connectivity index (χ4n) is 1.75. The Kier molecular flexibility index (Phi) is 3.75. The van der Waals surface area contributed by atoms with E-state index in [2.05, 4.69) is 10.6 Å². The lowest BCUT2D eigenvalue weighted by atomic mass is 10.1. The van der Waals surface area contributed by atoms with Gasteiger partial charge < -0.3 is 10.6 Å². The van der Waals surface area contributed by atoms with E-state index >= 15 is 0 Å². The molecule has 2 N–H and O–H groups in total. The first-order valence-corrected chi connectivity index (χ1v) is 6.19. The molecule has 1 aromatic rings. The quantitative estimate of drug-likeness (QED) is 0.509. The zero-order chi connectivity index (χ0) is 15.1. The third-order valence-electron chi connectivity index (χ3n) is 2.84. The molecule has 1 aromatic carbocycles. The van der Waals surface area contributed by atoms with E-state index in [4.69, 9.17) is 23.2 Å². The van der Waals surface area contributed by atoms with Crippen molar-refractivity contribution in [2.45, 2.75) is 19.0 Å². The van der Waals surface area contributed by atoms with Crippen LogP contribution in [0.15, 0.2) is 23.4 Å². The Morgan fingerprint density at radius 2 is 2.00 bits per heavy atom. The fraction of sp³-hybridized carbons (Fsp3) is 0.273. The van der Waals surface area contributed by atoms with Gasteiger partial charge in [-0.15, -0.1) is 0 Å². The molecule has 108 valence electrons. The van der Waals surface area contributed by atoms with E-state index in [0.29, 0.717) is 5.56 Å². The largest absolute Gasteiger partial charge is 0.355 e. The Balaban J connectivity index is 2.41. The van der Waals surface area contributed by atoms with Crippen LogP contribution in [0.2, 0.25) is 5.02 Å². The lowest BCUT2D eigenvalue weighted by molar-refractivity contribution is -0.384. The van der Waals surface area contributed by atoms with Crippen molar-refractivity contribution >= 4 is 34.6 Å². The first kappa shape index (κ1) is 14.8. The molecule has 1 aliphatic rings. The van der Waals surface area contributed by atoms with Gasteiger partial charge in [-0.05, 0) is 13.0 Å². The van der Waals surface area contributed by atoms with Crippen LogP contribution in [0.1, 0.15) is 12.5 Å². The SMILES string of the molecule is CC1(C(F)F)NC(Cl)=C(c2ccc(Cl)c([N+](=O)[O-])c2)N1. The smallest absolute Gasteiger partial charge is 0.288 e. The molecule has 0 saturated heterocycles. The van der Waals surface area contributed by atoms with Crippen molar-refractivity contribution in [1.29, 1.82) is 0 Å². The molecule has 1 atom stereocenters. The maximum Gasteiger partial charge on any atom is 0.288 e. The number of rotatable bonds is 3. The summed E-state index contributed by atoms with van der Waals surface area (Å²) in [6.45, 7) is 1.23. The number of hydrogen-bond acceptors (Lipinski definition) is 4. The van der Waals surface area contributed by atoms with Gasteiger partial charge in [0, 0.05) is 11.6 Å². The molecule has 1 aliphatic heterocycles. The van der Waals surface area contributed by atoms with Crippen molar-refractivity contribution in [2.24, 2.45) is 0 Å². The summed E-state index contributed by atoms with van der Waals surface area (Å²) in [7, 11) is 0. The van der Waals surface area contributed by atoms with Crippen LogP contribution in [0.4, 0.5) is 14.5 Å². The second-order valence-electron chi connectivity index (χ2n) is 4.37. The molecule has 20 heavy (non-hydrogen) atoms. The highest BCUT2D eigenvalue weighted by molar-refractivity contribution is 6.33. The predicted octanol–water partition coefficient (Wildman–Crippen LogP) is 3.29. The Morgan fingerprint density at radius 3 is 2.50 bits per heavy atom. The van der Waals surface area contributed by atoms with Gasteiger partial charge in [0.15, 0.2) is 5.66 Å². The molecule has 2 rings (SSSR count). The van der Waals surface area contributed by atoms with E-state index in [9.17, 15) is 18.9 Å².